The Kier molecular flexibility index (Phi) is 7.32. The number of hydrogen-bond donors (Lipinski definition) is 1. The molecule has 3 amide bonds. The van der Waals surface area contributed by atoms with Crippen LogP contribution < -0.4 is 19.7 Å². The molecule has 5 rings (SSSR count). The summed E-state index contributed by atoms with van der Waals surface area (Å²) in [6, 6.07) is 23.0. The predicted molar refractivity (Wildman–Crippen MR) is 143 cm³/mol. The van der Waals surface area contributed by atoms with E-state index >= 15 is 0 Å². The van der Waals surface area contributed by atoms with Gasteiger partial charge in [-0.2, -0.15) is 0 Å². The fraction of sp³-hybridized carbons (Fsp3) is 0.250. The predicted octanol–water partition coefficient (Wildman–Crippen LogP) is 4.61. The van der Waals surface area contributed by atoms with Gasteiger partial charge in [0.05, 0.1) is 36.9 Å². The number of benzene rings is 3. The molecule has 1 saturated heterocycles. The average Bonchev–Trinajstić information content (AvgIpc) is 3.24. The molecular weight excluding hydrogens is 490 g/mol. The number of anilines is 2. The summed E-state index contributed by atoms with van der Waals surface area (Å²) in [6.07, 6.45) is 1.15. The number of imide groups is 1. The van der Waals surface area contributed by atoms with Crippen LogP contribution in [0, 0.1) is 0 Å². The van der Waals surface area contributed by atoms with E-state index < -0.39 is 0 Å². The Morgan fingerprint density at radius 2 is 1.76 bits per heavy atom. The second kappa shape index (κ2) is 11.0. The number of ether oxygens (including phenoxy) is 2. The Morgan fingerprint density at radius 1 is 0.973 bits per heavy atom. The van der Waals surface area contributed by atoms with Crippen molar-refractivity contribution in [2.45, 2.75) is 18.1 Å². The van der Waals surface area contributed by atoms with E-state index in [9.17, 15) is 14.4 Å². The summed E-state index contributed by atoms with van der Waals surface area (Å²) in [7, 11) is 1.62. The molecule has 8 nitrogen and oxygen atoms in total. The second-order valence-corrected chi connectivity index (χ2v) is 9.94. The normalized spacial score (nSPS) is 17.0. The molecule has 0 radical (unpaired) electrons. The van der Waals surface area contributed by atoms with Crippen molar-refractivity contribution in [2.75, 3.05) is 31.8 Å². The van der Waals surface area contributed by atoms with Crippen molar-refractivity contribution in [3.05, 3.63) is 83.9 Å². The zero-order valence-corrected chi connectivity index (χ0v) is 21.2. The lowest BCUT2D eigenvalue weighted by Gasteiger charge is -2.38. The summed E-state index contributed by atoms with van der Waals surface area (Å²) < 4.78 is 11.5. The van der Waals surface area contributed by atoms with Crippen LogP contribution in [0.3, 0.4) is 0 Å². The number of fused-ring (bicyclic) bond motifs is 1. The highest BCUT2D eigenvalue weighted by Gasteiger charge is 2.33. The van der Waals surface area contributed by atoms with Crippen LogP contribution in [0.15, 0.2) is 72.8 Å². The molecule has 2 aliphatic heterocycles. The maximum absolute atomic E-state index is 13.3. The molecule has 37 heavy (non-hydrogen) atoms. The Balaban J connectivity index is 1.19. The Hall–Kier alpha value is -3.98. The van der Waals surface area contributed by atoms with Gasteiger partial charge in [-0.05, 0) is 54.8 Å². The lowest BCUT2D eigenvalue weighted by molar-refractivity contribution is -0.118. The van der Waals surface area contributed by atoms with Gasteiger partial charge in [-0.25, -0.2) is 0 Å². The molecule has 0 aliphatic carbocycles. The number of carbonyl (C=O) groups is 3. The number of para-hydroxylation sites is 2. The Labute approximate surface area is 219 Å². The number of thioether (sulfide) groups is 1. The van der Waals surface area contributed by atoms with Crippen molar-refractivity contribution in [1.82, 2.24) is 10.2 Å². The number of nitrogens with one attached hydrogen (secondary N) is 1. The highest BCUT2D eigenvalue weighted by molar-refractivity contribution is 8.15. The van der Waals surface area contributed by atoms with E-state index in [1.54, 1.807) is 7.11 Å². The highest BCUT2D eigenvalue weighted by atomic mass is 32.2. The zero-order valence-electron chi connectivity index (χ0n) is 20.4. The smallest absolute Gasteiger partial charge is 0.286 e. The summed E-state index contributed by atoms with van der Waals surface area (Å²) in [5.41, 5.74) is 3.34. The summed E-state index contributed by atoms with van der Waals surface area (Å²) in [5.74, 6) is 1.11. The van der Waals surface area contributed by atoms with Gasteiger partial charge in [-0.15, -0.1) is 0 Å². The quantitative estimate of drug-likeness (QED) is 0.415. The van der Waals surface area contributed by atoms with Crippen LogP contribution in [-0.2, 0) is 11.2 Å². The van der Waals surface area contributed by atoms with Crippen LogP contribution >= 0.6 is 11.8 Å². The number of carbonyl (C=O) groups excluding carboxylic acids is 3. The fourth-order valence-electron chi connectivity index (χ4n) is 4.51. The van der Waals surface area contributed by atoms with Gasteiger partial charge >= 0.3 is 0 Å². The molecule has 9 heteroatoms. The molecular formula is C28H27N3O5S. The third-order valence-corrected chi connectivity index (χ3v) is 7.32. The lowest BCUT2D eigenvalue weighted by atomic mass is 10.1. The van der Waals surface area contributed by atoms with E-state index in [1.807, 2.05) is 77.7 Å². The molecule has 0 aromatic heterocycles. The summed E-state index contributed by atoms with van der Waals surface area (Å²) in [5, 5.41) is 1.63. The summed E-state index contributed by atoms with van der Waals surface area (Å²) in [4.78, 5) is 40.3. The molecule has 1 unspecified atom stereocenters. The molecule has 0 spiro atoms. The molecule has 1 fully saturated rings. The number of amides is 3. The number of methoxy groups -OCH3 is 1. The first-order valence-electron chi connectivity index (χ1n) is 12.1. The van der Waals surface area contributed by atoms with E-state index in [-0.39, 0.29) is 22.3 Å². The second-order valence-electron chi connectivity index (χ2n) is 8.76. The number of hydrogen-bond acceptors (Lipinski definition) is 7. The van der Waals surface area contributed by atoms with Crippen molar-refractivity contribution < 1.29 is 23.9 Å². The first kappa shape index (κ1) is 24.7. The van der Waals surface area contributed by atoms with E-state index in [0.29, 0.717) is 49.7 Å². The van der Waals surface area contributed by atoms with Crippen LogP contribution in [0.2, 0.25) is 0 Å². The molecule has 3 aromatic rings. The van der Waals surface area contributed by atoms with Crippen molar-refractivity contribution >= 4 is 40.2 Å². The number of rotatable bonds is 9. The largest absolute Gasteiger partial charge is 0.495 e. The molecule has 0 bridgehead atoms. The van der Waals surface area contributed by atoms with Gasteiger partial charge in [0.15, 0.2) is 0 Å². The maximum Gasteiger partial charge on any atom is 0.286 e. The molecule has 190 valence electrons. The average molecular weight is 518 g/mol. The van der Waals surface area contributed by atoms with Crippen LogP contribution in [0.4, 0.5) is 16.2 Å². The van der Waals surface area contributed by atoms with Gasteiger partial charge in [-0.1, -0.05) is 48.2 Å². The van der Waals surface area contributed by atoms with Gasteiger partial charge in [0.2, 0.25) is 5.91 Å². The topological polar surface area (TPSA) is 88.2 Å². The third-order valence-electron chi connectivity index (χ3n) is 6.34. The summed E-state index contributed by atoms with van der Waals surface area (Å²) in [6.45, 7) is 1.41. The monoisotopic (exact) mass is 517 g/mol. The zero-order chi connectivity index (χ0) is 25.8. The van der Waals surface area contributed by atoms with Crippen LogP contribution in [0.1, 0.15) is 22.3 Å². The van der Waals surface area contributed by atoms with E-state index in [4.69, 9.17) is 9.47 Å². The SMILES string of the molecule is COc1cccc2c1N(c1ccccc1)CN(CCCOc1ccc(CC3SC(=O)NC3=O)cc1)C2=O. The Bertz CT molecular complexity index is 1300. The maximum atomic E-state index is 13.3. The van der Waals surface area contributed by atoms with Crippen molar-refractivity contribution in [3.8, 4) is 11.5 Å². The van der Waals surface area contributed by atoms with Gasteiger partial charge in [-0.3, -0.25) is 19.7 Å². The van der Waals surface area contributed by atoms with E-state index in [1.165, 1.54) is 0 Å². The van der Waals surface area contributed by atoms with Crippen molar-refractivity contribution in [3.63, 3.8) is 0 Å². The molecule has 3 aromatic carbocycles. The van der Waals surface area contributed by atoms with Gasteiger partial charge in [0.1, 0.15) is 11.5 Å². The minimum atomic E-state index is -0.387. The van der Waals surface area contributed by atoms with Crippen molar-refractivity contribution in [2.24, 2.45) is 0 Å². The van der Waals surface area contributed by atoms with Gasteiger partial charge in [0.25, 0.3) is 11.1 Å². The summed E-state index contributed by atoms with van der Waals surface area (Å²) >= 11 is 1.03. The standard InChI is InChI=1S/C28H27N3O5S/c1-35-23-10-5-9-22-25(23)31(20-7-3-2-4-8-20)18-30(27(22)33)15-6-16-36-21-13-11-19(12-14-21)17-24-26(32)29-28(34)37-24/h2-5,7-14,24H,6,15-18H2,1H3,(H,29,32,34). The molecule has 1 atom stereocenters. The highest BCUT2D eigenvalue weighted by Crippen LogP contribution is 2.40. The van der Waals surface area contributed by atoms with Crippen LogP contribution in [0.25, 0.3) is 0 Å². The molecule has 0 saturated carbocycles. The van der Waals surface area contributed by atoms with E-state index in [2.05, 4.69) is 10.2 Å². The van der Waals surface area contributed by atoms with E-state index in [0.717, 1.165) is 28.7 Å². The van der Waals surface area contributed by atoms with Crippen molar-refractivity contribution in [1.29, 1.82) is 0 Å². The van der Waals surface area contributed by atoms with Crippen LogP contribution in [-0.4, -0.2) is 54.1 Å². The minimum Gasteiger partial charge on any atom is -0.495 e. The Morgan fingerprint density at radius 3 is 2.46 bits per heavy atom. The first-order valence-corrected chi connectivity index (χ1v) is 12.9. The third kappa shape index (κ3) is 5.41. The molecule has 2 heterocycles. The fourth-order valence-corrected chi connectivity index (χ4v) is 5.37. The first-order chi connectivity index (χ1) is 18.0. The van der Waals surface area contributed by atoms with Gasteiger partial charge < -0.3 is 19.3 Å². The lowest BCUT2D eigenvalue weighted by Crippen LogP contribution is -2.45. The molecule has 2 aliphatic rings. The van der Waals surface area contributed by atoms with Crippen LogP contribution in [0.5, 0.6) is 11.5 Å². The minimum absolute atomic E-state index is 0.0299. The number of nitrogens with zero attached hydrogens (tertiary/aromatic N) is 2. The van der Waals surface area contributed by atoms with Gasteiger partial charge in [0, 0.05) is 12.2 Å². The molecule has 1 N–H and O–H groups in total.